The van der Waals surface area contributed by atoms with Gasteiger partial charge in [-0.3, -0.25) is 9.69 Å². The van der Waals surface area contributed by atoms with Gasteiger partial charge in [0.2, 0.25) is 5.91 Å². The summed E-state index contributed by atoms with van der Waals surface area (Å²) in [6, 6.07) is -1.23. The fourth-order valence-corrected chi connectivity index (χ4v) is 6.81. The van der Waals surface area contributed by atoms with Crippen LogP contribution in [0.2, 0.25) is 0 Å². The van der Waals surface area contributed by atoms with Gasteiger partial charge in [0.1, 0.15) is 35.9 Å². The fourth-order valence-electron chi connectivity index (χ4n) is 5.92. The predicted molar refractivity (Wildman–Crippen MR) is 134 cm³/mol. The highest BCUT2D eigenvalue weighted by atomic mass is 35.5. The van der Waals surface area contributed by atoms with Gasteiger partial charge in [0.15, 0.2) is 0 Å². The number of alkyl halides is 1. The first-order valence-corrected chi connectivity index (χ1v) is 14.0. The molecule has 0 radical (unpaired) electrons. The molecule has 3 aliphatic rings. The van der Waals surface area contributed by atoms with E-state index < -0.39 is 47.3 Å². The number of amides is 1. The Hall–Kier alpha value is -0.130. The molecule has 0 saturated carbocycles. The van der Waals surface area contributed by atoms with Crippen molar-refractivity contribution in [2.24, 2.45) is 17.3 Å². The minimum Gasteiger partial charge on any atom is -0.388 e. The molecular weight excluding hydrogens is 480 g/mol. The fraction of sp³-hybridized carbons (Fsp3) is 0.958. The van der Waals surface area contributed by atoms with Crippen molar-refractivity contribution in [1.82, 2.24) is 10.2 Å². The Labute approximate surface area is 213 Å². The van der Waals surface area contributed by atoms with Gasteiger partial charge in [-0.05, 0) is 50.8 Å². The van der Waals surface area contributed by atoms with Crippen LogP contribution in [0.5, 0.6) is 0 Å². The van der Waals surface area contributed by atoms with Crippen LogP contribution in [0.1, 0.15) is 47.0 Å². The molecule has 3 aliphatic heterocycles. The molecule has 198 valence electrons. The number of ether oxygens (including phenoxy) is 2. The molecule has 8 nitrogen and oxygen atoms in total. The van der Waals surface area contributed by atoms with Gasteiger partial charge in [0.25, 0.3) is 0 Å². The molecule has 34 heavy (non-hydrogen) atoms. The quantitative estimate of drug-likeness (QED) is 0.388. The average molecular weight is 523 g/mol. The van der Waals surface area contributed by atoms with Crippen molar-refractivity contribution in [3.05, 3.63) is 0 Å². The van der Waals surface area contributed by atoms with Gasteiger partial charge < -0.3 is 30.1 Å². The summed E-state index contributed by atoms with van der Waals surface area (Å²) in [6.07, 6.45) is -0.251. The molecule has 4 N–H and O–H groups in total. The van der Waals surface area contributed by atoms with Crippen LogP contribution in [0.3, 0.4) is 0 Å². The summed E-state index contributed by atoms with van der Waals surface area (Å²) in [5, 5.41) is 33.6. The summed E-state index contributed by atoms with van der Waals surface area (Å²) in [6.45, 7) is 9.93. The number of nitrogens with one attached hydrogen (secondary N) is 1. The van der Waals surface area contributed by atoms with Crippen molar-refractivity contribution in [1.29, 1.82) is 0 Å². The van der Waals surface area contributed by atoms with Crippen molar-refractivity contribution in [2.45, 2.75) is 100 Å². The van der Waals surface area contributed by atoms with E-state index in [0.717, 1.165) is 25.8 Å². The van der Waals surface area contributed by atoms with E-state index in [0.29, 0.717) is 12.5 Å². The smallest absolute Gasteiger partial charge is 0.240 e. The van der Waals surface area contributed by atoms with Gasteiger partial charge in [-0.25, -0.2) is 0 Å². The number of thioether (sulfide) groups is 1. The van der Waals surface area contributed by atoms with Gasteiger partial charge in [0.05, 0.1) is 17.5 Å². The van der Waals surface area contributed by atoms with E-state index in [-0.39, 0.29) is 23.3 Å². The summed E-state index contributed by atoms with van der Waals surface area (Å²) in [7, 11) is 1.94. The van der Waals surface area contributed by atoms with E-state index in [1.165, 1.54) is 11.8 Å². The monoisotopic (exact) mass is 522 g/mol. The number of hydrogen-bond donors (Lipinski definition) is 4. The third-order valence-corrected chi connectivity index (χ3v) is 8.54. The minimum atomic E-state index is -1.39. The molecule has 11 atom stereocenters. The third kappa shape index (κ3) is 6.40. The second-order valence-electron chi connectivity index (χ2n) is 11.5. The normalized spacial score (nSPS) is 41.4. The van der Waals surface area contributed by atoms with E-state index in [9.17, 15) is 20.1 Å². The predicted octanol–water partition coefficient (Wildman–Crippen LogP) is 1.43. The first-order chi connectivity index (χ1) is 15.8. The zero-order valence-electron chi connectivity index (χ0n) is 21.2. The second-order valence-corrected chi connectivity index (χ2v) is 13.1. The van der Waals surface area contributed by atoms with E-state index >= 15 is 0 Å². The lowest BCUT2D eigenvalue weighted by Crippen LogP contribution is -2.65. The van der Waals surface area contributed by atoms with E-state index in [4.69, 9.17) is 21.1 Å². The molecule has 3 unspecified atom stereocenters. The number of hydrogen-bond acceptors (Lipinski definition) is 8. The van der Waals surface area contributed by atoms with E-state index in [1.807, 2.05) is 11.9 Å². The molecule has 0 bridgehead atoms. The Morgan fingerprint density at radius 3 is 2.50 bits per heavy atom. The molecule has 0 aromatic heterocycles. The lowest BCUT2D eigenvalue weighted by atomic mass is 9.79. The number of aliphatic hydroxyl groups excluding tert-OH is 3. The van der Waals surface area contributed by atoms with Gasteiger partial charge >= 0.3 is 0 Å². The zero-order valence-corrected chi connectivity index (χ0v) is 22.8. The molecule has 3 rings (SSSR count). The number of nitrogens with zero attached hydrogens (tertiary/aromatic N) is 1. The van der Waals surface area contributed by atoms with Crippen molar-refractivity contribution in [3.63, 3.8) is 0 Å². The summed E-state index contributed by atoms with van der Waals surface area (Å²) in [5.74, 6) is 0.624. The molecule has 10 heteroatoms. The van der Waals surface area contributed by atoms with Crippen molar-refractivity contribution < 1.29 is 29.6 Å². The van der Waals surface area contributed by atoms with Crippen molar-refractivity contribution in [2.75, 3.05) is 26.5 Å². The average Bonchev–Trinajstić information content (AvgIpc) is 2.91. The molecule has 3 heterocycles. The maximum atomic E-state index is 13.5. The third-order valence-electron chi connectivity index (χ3n) is 7.41. The van der Waals surface area contributed by atoms with E-state index in [1.54, 1.807) is 13.2 Å². The first-order valence-electron chi connectivity index (χ1n) is 12.3. The highest BCUT2D eigenvalue weighted by molar-refractivity contribution is 7.99. The van der Waals surface area contributed by atoms with E-state index in [2.05, 4.69) is 26.1 Å². The Balaban J connectivity index is 1.72. The minimum absolute atomic E-state index is 0.204. The topological polar surface area (TPSA) is 111 Å². The number of fused-ring (bicyclic) bond motifs is 1. The second kappa shape index (κ2) is 11.5. The number of carbonyl (C=O) groups is 1. The summed E-state index contributed by atoms with van der Waals surface area (Å²) in [4.78, 5) is 15.6. The maximum absolute atomic E-state index is 13.5. The van der Waals surface area contributed by atoms with Gasteiger partial charge in [-0.2, -0.15) is 0 Å². The molecule has 0 aromatic carbocycles. The van der Waals surface area contributed by atoms with Crippen LogP contribution >= 0.6 is 23.4 Å². The molecular formula is C24H43ClN2O6S. The van der Waals surface area contributed by atoms with Crippen molar-refractivity contribution in [3.8, 4) is 0 Å². The number of aliphatic hydroxyl groups is 3. The Morgan fingerprint density at radius 2 is 1.91 bits per heavy atom. The van der Waals surface area contributed by atoms with Gasteiger partial charge in [-0.15, -0.1) is 23.4 Å². The maximum Gasteiger partial charge on any atom is 0.240 e. The molecule has 0 spiro atoms. The number of rotatable bonds is 6. The molecule has 3 fully saturated rings. The largest absolute Gasteiger partial charge is 0.388 e. The summed E-state index contributed by atoms with van der Waals surface area (Å²) >= 11 is 7.68. The van der Waals surface area contributed by atoms with Crippen LogP contribution in [0, 0.1) is 17.3 Å². The number of likely N-dealkylation sites (tertiary alicyclic amines) is 1. The van der Waals surface area contributed by atoms with Crippen LogP contribution in [-0.4, -0.2) is 106 Å². The Morgan fingerprint density at radius 1 is 1.24 bits per heavy atom. The van der Waals surface area contributed by atoms with Crippen molar-refractivity contribution >= 4 is 29.3 Å². The molecule has 1 amide bonds. The zero-order chi connectivity index (χ0) is 25.4. The Bertz CT molecular complexity index is 693. The molecule has 0 aromatic rings. The van der Waals surface area contributed by atoms with Crippen LogP contribution in [-0.2, 0) is 14.3 Å². The number of halogens is 1. The first kappa shape index (κ1) is 28.4. The Kier molecular flexibility index (Phi) is 9.62. The highest BCUT2D eigenvalue weighted by Crippen LogP contribution is 2.39. The highest BCUT2D eigenvalue weighted by Gasteiger charge is 2.50. The van der Waals surface area contributed by atoms with Crippen LogP contribution in [0.4, 0.5) is 0 Å². The standard InChI is InChI=1S/C24H43ClN2O6S/c1-12(25)15(21-18(29)17(28)19(30)23(33-21)34-6)26-22(31)16-20-14(11-27(16)5)9-13(7-8-32-20)10-24(2,3)4/h12-21,23,28-30H,7-11H2,1-6H3,(H,26,31)/t12-,13-,14-,15+,16-,17?,18?,19+,20+,21+,23?/m0/s1. The molecule has 3 saturated heterocycles. The number of likely N-dealkylation sites (N-methyl/N-ethyl adjacent to an activating group) is 1. The van der Waals surface area contributed by atoms with Gasteiger partial charge in [0, 0.05) is 19.1 Å². The van der Waals surface area contributed by atoms with Crippen LogP contribution < -0.4 is 5.32 Å². The van der Waals surface area contributed by atoms with Crippen LogP contribution in [0.15, 0.2) is 0 Å². The van der Waals surface area contributed by atoms with Gasteiger partial charge in [-0.1, -0.05) is 20.8 Å². The molecule has 0 aliphatic carbocycles. The summed E-state index contributed by atoms with van der Waals surface area (Å²) in [5.41, 5.74) is -0.481. The summed E-state index contributed by atoms with van der Waals surface area (Å²) < 4.78 is 12.1. The lowest BCUT2D eigenvalue weighted by molar-refractivity contribution is -0.205. The number of carbonyl (C=O) groups excluding carboxylic acids is 1. The van der Waals surface area contributed by atoms with Crippen LogP contribution in [0.25, 0.3) is 0 Å². The lowest BCUT2D eigenvalue weighted by Gasteiger charge is -2.44. The SMILES string of the molecule is CSC1O[C@H]([C@H](NC(=O)[C@@H]2[C@@H]3OCC[C@H](CC(C)(C)C)C[C@H]3CN2C)[C@H](C)Cl)C(O)C(O)[C@H]1O.